The molecule has 2 aromatic rings. The van der Waals surface area contributed by atoms with E-state index in [2.05, 4.69) is 15.6 Å². The third-order valence-corrected chi connectivity index (χ3v) is 4.84. The zero-order valence-electron chi connectivity index (χ0n) is 13.5. The SMILES string of the molecule is COc1ccc(NC(=O)Cc2csc(N3CCCNC3=O)n2)cc1Cl. The van der Waals surface area contributed by atoms with Crippen LogP contribution >= 0.6 is 22.9 Å². The van der Waals surface area contributed by atoms with E-state index in [0.717, 1.165) is 6.42 Å². The van der Waals surface area contributed by atoms with Gasteiger partial charge in [-0.25, -0.2) is 9.78 Å². The van der Waals surface area contributed by atoms with Gasteiger partial charge in [-0.3, -0.25) is 9.69 Å². The number of hydrogen-bond acceptors (Lipinski definition) is 5. The van der Waals surface area contributed by atoms with E-state index in [1.165, 1.54) is 18.4 Å². The number of thiazole rings is 1. The Hall–Kier alpha value is -2.32. The first-order valence-corrected chi connectivity index (χ1v) is 8.96. The Bertz CT molecular complexity index is 795. The predicted octanol–water partition coefficient (Wildman–Crippen LogP) is 2.91. The lowest BCUT2D eigenvalue weighted by Gasteiger charge is -2.24. The summed E-state index contributed by atoms with van der Waals surface area (Å²) in [6.45, 7) is 1.32. The van der Waals surface area contributed by atoms with Gasteiger partial charge in [-0.15, -0.1) is 11.3 Å². The highest BCUT2D eigenvalue weighted by Gasteiger charge is 2.22. The number of carbonyl (C=O) groups excluding carboxylic acids is 2. The molecule has 132 valence electrons. The van der Waals surface area contributed by atoms with Crippen LogP contribution in [-0.4, -0.2) is 37.1 Å². The molecule has 3 amide bonds. The van der Waals surface area contributed by atoms with Crippen molar-refractivity contribution in [3.8, 4) is 5.75 Å². The van der Waals surface area contributed by atoms with Gasteiger partial charge in [-0.2, -0.15) is 0 Å². The summed E-state index contributed by atoms with van der Waals surface area (Å²) in [6, 6.07) is 4.88. The van der Waals surface area contributed by atoms with Gasteiger partial charge < -0.3 is 15.4 Å². The molecule has 0 radical (unpaired) electrons. The standard InChI is InChI=1S/C16H17ClN4O3S/c1-24-13-4-3-10(7-12(13)17)19-14(22)8-11-9-25-16(20-11)21-6-2-5-18-15(21)23/h3-4,7,9H,2,5-6,8H2,1H3,(H,18,23)(H,19,22). The van der Waals surface area contributed by atoms with Gasteiger partial charge in [0.1, 0.15) is 5.75 Å². The molecule has 1 aliphatic rings. The van der Waals surface area contributed by atoms with Crippen LogP contribution in [0.3, 0.4) is 0 Å². The van der Waals surface area contributed by atoms with Gasteiger partial charge in [0.25, 0.3) is 0 Å². The second-order valence-corrected chi connectivity index (χ2v) is 6.68. The Balaban J connectivity index is 1.61. The molecular weight excluding hydrogens is 364 g/mol. The van der Waals surface area contributed by atoms with E-state index < -0.39 is 0 Å². The molecule has 2 heterocycles. The van der Waals surface area contributed by atoms with Crippen molar-refractivity contribution in [1.29, 1.82) is 0 Å². The largest absolute Gasteiger partial charge is 0.495 e. The number of urea groups is 1. The first kappa shape index (κ1) is 17.5. The molecule has 1 saturated heterocycles. The summed E-state index contributed by atoms with van der Waals surface area (Å²) in [5.41, 5.74) is 1.21. The number of anilines is 2. The zero-order valence-corrected chi connectivity index (χ0v) is 15.1. The van der Waals surface area contributed by atoms with Gasteiger partial charge in [0.15, 0.2) is 5.13 Å². The third kappa shape index (κ3) is 4.21. The van der Waals surface area contributed by atoms with Crippen molar-refractivity contribution in [3.05, 3.63) is 34.3 Å². The van der Waals surface area contributed by atoms with Gasteiger partial charge >= 0.3 is 6.03 Å². The number of benzene rings is 1. The molecule has 0 aliphatic carbocycles. The van der Waals surface area contributed by atoms with Crippen LogP contribution in [-0.2, 0) is 11.2 Å². The maximum absolute atomic E-state index is 12.2. The monoisotopic (exact) mass is 380 g/mol. The number of ether oxygens (including phenoxy) is 1. The van der Waals surface area contributed by atoms with Crippen molar-refractivity contribution in [2.24, 2.45) is 0 Å². The van der Waals surface area contributed by atoms with Gasteiger partial charge in [0.2, 0.25) is 5.91 Å². The molecule has 7 nitrogen and oxygen atoms in total. The molecule has 0 bridgehead atoms. The topological polar surface area (TPSA) is 83.6 Å². The van der Waals surface area contributed by atoms with Crippen LogP contribution in [0.15, 0.2) is 23.6 Å². The number of carbonyl (C=O) groups is 2. The summed E-state index contributed by atoms with van der Waals surface area (Å²) < 4.78 is 5.08. The number of aromatic nitrogens is 1. The number of rotatable bonds is 5. The minimum atomic E-state index is -0.207. The number of methoxy groups -OCH3 is 1. The molecule has 1 aliphatic heterocycles. The van der Waals surface area contributed by atoms with Crippen LogP contribution in [0.5, 0.6) is 5.75 Å². The Labute approximate surface area is 153 Å². The first-order valence-electron chi connectivity index (χ1n) is 7.70. The molecular formula is C16H17ClN4O3S. The Morgan fingerprint density at radius 2 is 2.36 bits per heavy atom. The Kier molecular flexibility index (Phi) is 5.40. The van der Waals surface area contributed by atoms with Crippen molar-refractivity contribution >= 4 is 45.7 Å². The average Bonchev–Trinajstić information content (AvgIpc) is 3.03. The fourth-order valence-electron chi connectivity index (χ4n) is 2.43. The summed E-state index contributed by atoms with van der Waals surface area (Å²) in [6.07, 6.45) is 0.995. The summed E-state index contributed by atoms with van der Waals surface area (Å²) in [5.74, 6) is 0.338. The molecule has 9 heteroatoms. The Morgan fingerprint density at radius 3 is 3.08 bits per heavy atom. The van der Waals surface area contributed by atoms with Gasteiger partial charge in [0.05, 0.1) is 24.2 Å². The zero-order chi connectivity index (χ0) is 17.8. The highest BCUT2D eigenvalue weighted by molar-refractivity contribution is 7.14. The molecule has 3 rings (SSSR count). The molecule has 25 heavy (non-hydrogen) atoms. The van der Waals surface area contributed by atoms with Crippen molar-refractivity contribution < 1.29 is 14.3 Å². The van der Waals surface area contributed by atoms with E-state index in [4.69, 9.17) is 16.3 Å². The van der Waals surface area contributed by atoms with Gasteiger partial charge in [-0.05, 0) is 24.6 Å². The average molecular weight is 381 g/mol. The van der Waals surface area contributed by atoms with E-state index in [-0.39, 0.29) is 18.4 Å². The summed E-state index contributed by atoms with van der Waals surface area (Å²) >= 11 is 7.40. The molecule has 1 aromatic carbocycles. The Morgan fingerprint density at radius 1 is 1.52 bits per heavy atom. The van der Waals surface area contributed by atoms with E-state index in [0.29, 0.717) is 40.4 Å². The lowest BCUT2D eigenvalue weighted by Crippen LogP contribution is -2.46. The van der Waals surface area contributed by atoms with Crippen LogP contribution in [0.4, 0.5) is 15.6 Å². The lowest BCUT2D eigenvalue weighted by molar-refractivity contribution is -0.115. The third-order valence-electron chi connectivity index (χ3n) is 3.63. The maximum Gasteiger partial charge on any atom is 0.323 e. The minimum Gasteiger partial charge on any atom is -0.495 e. The van der Waals surface area contributed by atoms with Gasteiger partial charge in [-0.1, -0.05) is 11.6 Å². The molecule has 0 saturated carbocycles. The smallest absolute Gasteiger partial charge is 0.323 e. The molecule has 1 fully saturated rings. The molecule has 1 aromatic heterocycles. The van der Waals surface area contributed by atoms with Crippen LogP contribution in [0.25, 0.3) is 0 Å². The van der Waals surface area contributed by atoms with Crippen LogP contribution < -0.4 is 20.3 Å². The highest BCUT2D eigenvalue weighted by atomic mass is 35.5. The first-order chi connectivity index (χ1) is 12.1. The molecule has 0 unspecified atom stereocenters. The van der Waals surface area contributed by atoms with E-state index in [1.54, 1.807) is 28.5 Å². The van der Waals surface area contributed by atoms with Crippen molar-refractivity contribution in [1.82, 2.24) is 10.3 Å². The number of hydrogen-bond donors (Lipinski definition) is 2. The van der Waals surface area contributed by atoms with Crippen LogP contribution in [0.2, 0.25) is 5.02 Å². The van der Waals surface area contributed by atoms with Crippen LogP contribution in [0.1, 0.15) is 12.1 Å². The number of nitrogens with one attached hydrogen (secondary N) is 2. The summed E-state index contributed by atoms with van der Waals surface area (Å²) in [7, 11) is 1.53. The minimum absolute atomic E-state index is 0.121. The highest BCUT2D eigenvalue weighted by Crippen LogP contribution is 2.27. The summed E-state index contributed by atoms with van der Waals surface area (Å²) in [5, 5.41) is 8.37. The van der Waals surface area contributed by atoms with E-state index in [1.807, 2.05) is 0 Å². The fraction of sp³-hybridized carbons (Fsp3) is 0.312. The van der Waals surface area contributed by atoms with Gasteiger partial charge in [0, 0.05) is 24.2 Å². The predicted molar refractivity (Wildman–Crippen MR) is 97.8 cm³/mol. The maximum atomic E-state index is 12.2. The summed E-state index contributed by atoms with van der Waals surface area (Å²) in [4.78, 5) is 30.0. The van der Waals surface area contributed by atoms with Crippen molar-refractivity contribution in [2.75, 3.05) is 30.4 Å². The number of amides is 3. The molecule has 0 spiro atoms. The number of halogens is 1. The quantitative estimate of drug-likeness (QED) is 0.835. The lowest BCUT2D eigenvalue weighted by atomic mass is 10.2. The van der Waals surface area contributed by atoms with E-state index in [9.17, 15) is 9.59 Å². The fourth-order valence-corrected chi connectivity index (χ4v) is 3.53. The second-order valence-electron chi connectivity index (χ2n) is 5.43. The van der Waals surface area contributed by atoms with Crippen molar-refractivity contribution in [3.63, 3.8) is 0 Å². The second kappa shape index (κ2) is 7.71. The molecule has 2 N–H and O–H groups in total. The van der Waals surface area contributed by atoms with E-state index >= 15 is 0 Å². The van der Waals surface area contributed by atoms with Crippen molar-refractivity contribution in [2.45, 2.75) is 12.8 Å². The number of nitrogens with zero attached hydrogens (tertiary/aromatic N) is 2. The normalized spacial score (nSPS) is 14.2. The van der Waals surface area contributed by atoms with Crippen LogP contribution in [0, 0.1) is 0 Å². The molecule has 0 atom stereocenters.